The fourth-order valence-corrected chi connectivity index (χ4v) is 2.20. The smallest absolute Gasteiger partial charge is 0.220 e. The van der Waals surface area contributed by atoms with E-state index >= 15 is 0 Å². The molecule has 0 bridgehead atoms. The van der Waals surface area contributed by atoms with Crippen molar-refractivity contribution in [3.8, 4) is 12.3 Å². The molecule has 0 fully saturated rings. The molecule has 1 aromatic rings. The van der Waals surface area contributed by atoms with E-state index in [9.17, 15) is 4.79 Å². The van der Waals surface area contributed by atoms with E-state index in [1.165, 1.54) is 4.88 Å². The van der Waals surface area contributed by atoms with Crippen LogP contribution in [-0.2, 0) is 11.2 Å². The molecular formula is C13H17NOS. The van der Waals surface area contributed by atoms with Crippen LogP contribution in [0.25, 0.3) is 0 Å². The Morgan fingerprint density at radius 2 is 2.50 bits per heavy atom. The van der Waals surface area contributed by atoms with Gasteiger partial charge in [0.15, 0.2) is 0 Å². The molecule has 0 saturated heterocycles. The van der Waals surface area contributed by atoms with E-state index in [1.807, 2.05) is 13.0 Å². The van der Waals surface area contributed by atoms with Gasteiger partial charge in [0.25, 0.3) is 0 Å². The zero-order valence-electron chi connectivity index (χ0n) is 9.53. The summed E-state index contributed by atoms with van der Waals surface area (Å²) in [5.74, 6) is 2.63. The molecule has 0 aromatic carbocycles. The highest BCUT2D eigenvalue weighted by molar-refractivity contribution is 7.09. The number of hydrogen-bond acceptors (Lipinski definition) is 2. The zero-order chi connectivity index (χ0) is 11.8. The van der Waals surface area contributed by atoms with Gasteiger partial charge in [-0.2, -0.15) is 0 Å². The van der Waals surface area contributed by atoms with Crippen LogP contribution in [0.4, 0.5) is 0 Å². The topological polar surface area (TPSA) is 29.1 Å². The van der Waals surface area contributed by atoms with Crippen molar-refractivity contribution in [2.24, 2.45) is 0 Å². The first kappa shape index (κ1) is 12.8. The summed E-state index contributed by atoms with van der Waals surface area (Å²) < 4.78 is 0. The maximum absolute atomic E-state index is 11.5. The zero-order valence-corrected chi connectivity index (χ0v) is 10.3. The molecule has 1 amide bonds. The van der Waals surface area contributed by atoms with Crippen molar-refractivity contribution in [2.45, 2.75) is 38.6 Å². The average Bonchev–Trinajstić information content (AvgIpc) is 2.70. The van der Waals surface area contributed by atoms with Gasteiger partial charge in [-0.3, -0.25) is 4.79 Å². The second kappa shape index (κ2) is 7.08. The number of hydrogen-bond donors (Lipinski definition) is 1. The second-order valence-corrected chi connectivity index (χ2v) is 4.84. The Morgan fingerprint density at radius 1 is 1.69 bits per heavy atom. The molecule has 0 aliphatic carbocycles. The van der Waals surface area contributed by atoms with Crippen LogP contribution in [0.15, 0.2) is 17.5 Å². The number of rotatable bonds is 6. The third-order valence-electron chi connectivity index (χ3n) is 2.24. The third kappa shape index (κ3) is 4.99. The summed E-state index contributed by atoms with van der Waals surface area (Å²) in [7, 11) is 0. The SMILES string of the molecule is C#CCC(C)NC(=O)CCCc1cccs1. The summed E-state index contributed by atoms with van der Waals surface area (Å²) in [5.41, 5.74) is 0. The molecular weight excluding hydrogens is 218 g/mol. The number of nitrogens with one attached hydrogen (secondary N) is 1. The van der Waals surface area contributed by atoms with Crippen molar-refractivity contribution in [1.29, 1.82) is 0 Å². The Labute approximate surface area is 101 Å². The highest BCUT2D eigenvalue weighted by atomic mass is 32.1. The maximum Gasteiger partial charge on any atom is 0.220 e. The van der Waals surface area contributed by atoms with Crippen LogP contribution in [0, 0.1) is 12.3 Å². The average molecular weight is 235 g/mol. The molecule has 1 heterocycles. The molecule has 0 spiro atoms. The van der Waals surface area contributed by atoms with Crippen LogP contribution >= 0.6 is 11.3 Å². The highest BCUT2D eigenvalue weighted by Gasteiger charge is 2.05. The van der Waals surface area contributed by atoms with E-state index in [-0.39, 0.29) is 11.9 Å². The molecule has 0 saturated carbocycles. The normalized spacial score (nSPS) is 11.8. The quantitative estimate of drug-likeness (QED) is 0.754. The number of carbonyl (C=O) groups excluding carboxylic acids is 1. The lowest BCUT2D eigenvalue weighted by molar-refractivity contribution is -0.121. The highest BCUT2D eigenvalue weighted by Crippen LogP contribution is 2.11. The Kier molecular flexibility index (Phi) is 5.66. The van der Waals surface area contributed by atoms with Crippen LogP contribution in [0.1, 0.15) is 31.1 Å². The largest absolute Gasteiger partial charge is 0.353 e. The summed E-state index contributed by atoms with van der Waals surface area (Å²) in [4.78, 5) is 12.8. The minimum atomic E-state index is 0.0826. The molecule has 1 unspecified atom stereocenters. The number of aryl methyl sites for hydroxylation is 1. The van der Waals surface area contributed by atoms with Gasteiger partial charge in [0.2, 0.25) is 5.91 Å². The molecule has 86 valence electrons. The van der Waals surface area contributed by atoms with Crippen molar-refractivity contribution in [2.75, 3.05) is 0 Å². The summed E-state index contributed by atoms with van der Waals surface area (Å²) in [5, 5.41) is 4.94. The fourth-order valence-electron chi connectivity index (χ4n) is 1.45. The van der Waals surface area contributed by atoms with Gasteiger partial charge in [-0.15, -0.1) is 23.7 Å². The lowest BCUT2D eigenvalue weighted by Gasteiger charge is -2.10. The predicted molar refractivity (Wildman–Crippen MR) is 68.3 cm³/mol. The van der Waals surface area contributed by atoms with E-state index in [0.717, 1.165) is 12.8 Å². The molecule has 0 radical (unpaired) electrons. The van der Waals surface area contributed by atoms with Crippen molar-refractivity contribution in [3.05, 3.63) is 22.4 Å². The standard InChI is InChI=1S/C13H17NOS/c1-3-6-11(2)14-13(15)9-4-7-12-8-5-10-16-12/h1,5,8,10-11H,4,6-7,9H2,2H3,(H,14,15). The first-order chi connectivity index (χ1) is 7.72. The molecule has 0 aliphatic heterocycles. The number of amides is 1. The molecule has 2 nitrogen and oxygen atoms in total. The lowest BCUT2D eigenvalue weighted by atomic mass is 10.2. The Hall–Kier alpha value is -1.27. The van der Waals surface area contributed by atoms with Crippen LogP contribution in [0.5, 0.6) is 0 Å². The fraction of sp³-hybridized carbons (Fsp3) is 0.462. The summed E-state index contributed by atoms with van der Waals surface area (Å²) in [6.07, 6.45) is 8.22. The molecule has 1 N–H and O–H groups in total. The third-order valence-corrected chi connectivity index (χ3v) is 3.17. The van der Waals surface area contributed by atoms with Crippen molar-refractivity contribution in [3.63, 3.8) is 0 Å². The maximum atomic E-state index is 11.5. The summed E-state index contributed by atoms with van der Waals surface area (Å²) in [6.45, 7) is 1.93. The van der Waals surface area contributed by atoms with Crippen LogP contribution in [0.2, 0.25) is 0 Å². The van der Waals surface area contributed by atoms with E-state index in [1.54, 1.807) is 11.3 Å². The van der Waals surface area contributed by atoms with Crippen LogP contribution in [-0.4, -0.2) is 11.9 Å². The Balaban J connectivity index is 2.13. The summed E-state index contributed by atoms with van der Waals surface area (Å²) in [6, 6.07) is 4.22. The molecule has 3 heteroatoms. The lowest BCUT2D eigenvalue weighted by Crippen LogP contribution is -2.31. The van der Waals surface area contributed by atoms with Crippen molar-refractivity contribution >= 4 is 17.2 Å². The van der Waals surface area contributed by atoms with Gasteiger partial charge in [-0.25, -0.2) is 0 Å². The van der Waals surface area contributed by atoms with E-state index in [0.29, 0.717) is 12.8 Å². The number of thiophene rings is 1. The Morgan fingerprint density at radius 3 is 3.12 bits per heavy atom. The van der Waals surface area contributed by atoms with Crippen LogP contribution < -0.4 is 5.32 Å². The summed E-state index contributed by atoms with van der Waals surface area (Å²) >= 11 is 1.74. The monoisotopic (exact) mass is 235 g/mol. The van der Waals surface area contributed by atoms with E-state index in [4.69, 9.17) is 6.42 Å². The van der Waals surface area contributed by atoms with Gasteiger partial charge in [0.05, 0.1) is 0 Å². The molecule has 1 atom stereocenters. The molecule has 1 rings (SSSR count). The minimum Gasteiger partial charge on any atom is -0.353 e. The van der Waals surface area contributed by atoms with Gasteiger partial charge < -0.3 is 5.32 Å². The molecule has 1 aromatic heterocycles. The van der Waals surface area contributed by atoms with Gasteiger partial charge in [-0.1, -0.05) is 6.07 Å². The van der Waals surface area contributed by atoms with Gasteiger partial charge in [0.1, 0.15) is 0 Å². The minimum absolute atomic E-state index is 0.0826. The molecule has 16 heavy (non-hydrogen) atoms. The van der Waals surface area contributed by atoms with Gasteiger partial charge in [-0.05, 0) is 31.2 Å². The second-order valence-electron chi connectivity index (χ2n) is 3.81. The van der Waals surface area contributed by atoms with Crippen molar-refractivity contribution in [1.82, 2.24) is 5.32 Å². The van der Waals surface area contributed by atoms with Crippen molar-refractivity contribution < 1.29 is 4.79 Å². The number of terminal acetylenes is 1. The van der Waals surface area contributed by atoms with Gasteiger partial charge >= 0.3 is 0 Å². The van der Waals surface area contributed by atoms with E-state index < -0.39 is 0 Å². The first-order valence-corrected chi connectivity index (χ1v) is 6.35. The predicted octanol–water partition coefficient (Wildman–Crippen LogP) is 2.60. The molecule has 0 aliphatic rings. The number of carbonyl (C=O) groups is 1. The van der Waals surface area contributed by atoms with E-state index in [2.05, 4.69) is 22.7 Å². The van der Waals surface area contributed by atoms with Crippen LogP contribution in [0.3, 0.4) is 0 Å². The van der Waals surface area contributed by atoms with Gasteiger partial charge in [0, 0.05) is 23.8 Å². The first-order valence-electron chi connectivity index (χ1n) is 5.47. The Bertz CT molecular complexity index is 351.